The predicted molar refractivity (Wildman–Crippen MR) is 116 cm³/mol. The number of halogens is 3. The molecule has 1 fully saturated rings. The fraction of sp³-hybridized carbons (Fsp3) is 0.364. The largest absolute Gasteiger partial charge is 0.484 e. The van der Waals surface area contributed by atoms with Gasteiger partial charge in [0.1, 0.15) is 17.1 Å². The fourth-order valence-corrected chi connectivity index (χ4v) is 4.61. The van der Waals surface area contributed by atoms with Gasteiger partial charge in [0.15, 0.2) is 11.9 Å². The molecule has 30 heavy (non-hydrogen) atoms. The average Bonchev–Trinajstić information content (AvgIpc) is 2.71. The molecule has 4 rings (SSSR count). The van der Waals surface area contributed by atoms with Crippen molar-refractivity contribution in [3.05, 3.63) is 57.0 Å². The van der Waals surface area contributed by atoms with Gasteiger partial charge in [0.25, 0.3) is 5.91 Å². The van der Waals surface area contributed by atoms with Crippen LogP contribution in [0.3, 0.4) is 0 Å². The number of hydrogen-bond acceptors (Lipinski definition) is 4. The first kappa shape index (κ1) is 21.3. The Hall–Kier alpha value is -1.95. The van der Waals surface area contributed by atoms with Crippen LogP contribution in [0.1, 0.15) is 36.5 Å². The number of piperidine rings is 1. The molecule has 1 amide bonds. The number of amides is 1. The molecule has 1 atom stereocenters. The minimum absolute atomic E-state index is 0.0418. The number of rotatable bonds is 3. The summed E-state index contributed by atoms with van der Waals surface area (Å²) in [5.41, 5.74) is -0.236. The fourth-order valence-electron chi connectivity index (χ4n) is 3.95. The topological polar surface area (TPSA) is 55.8 Å². The average molecular weight is 469 g/mol. The van der Waals surface area contributed by atoms with Crippen LogP contribution >= 0.6 is 34.8 Å². The molecular formula is C22H20Cl3NO4. The van der Waals surface area contributed by atoms with E-state index in [1.165, 1.54) is 0 Å². The Morgan fingerprint density at radius 3 is 2.43 bits per heavy atom. The number of carbonyl (C=O) groups is 2. The molecule has 158 valence electrons. The Bertz CT molecular complexity index is 985. The van der Waals surface area contributed by atoms with E-state index in [4.69, 9.17) is 44.3 Å². The molecule has 0 bridgehead atoms. The van der Waals surface area contributed by atoms with Crippen molar-refractivity contribution in [1.29, 1.82) is 0 Å². The van der Waals surface area contributed by atoms with E-state index in [1.807, 2.05) is 0 Å². The third-order valence-electron chi connectivity index (χ3n) is 5.57. The highest BCUT2D eigenvalue weighted by molar-refractivity contribution is 6.36. The second-order valence-electron chi connectivity index (χ2n) is 7.69. The summed E-state index contributed by atoms with van der Waals surface area (Å²) in [7, 11) is 0. The van der Waals surface area contributed by atoms with Crippen molar-refractivity contribution in [3.63, 3.8) is 0 Å². The Morgan fingerprint density at radius 1 is 1.10 bits per heavy atom. The number of nitrogens with zero attached hydrogens (tertiary/aromatic N) is 1. The van der Waals surface area contributed by atoms with Crippen molar-refractivity contribution in [2.75, 3.05) is 13.1 Å². The molecular weight excluding hydrogens is 449 g/mol. The highest BCUT2D eigenvalue weighted by atomic mass is 35.5. The van der Waals surface area contributed by atoms with E-state index in [0.29, 0.717) is 58.1 Å². The van der Waals surface area contributed by atoms with Crippen LogP contribution < -0.4 is 9.47 Å². The second-order valence-corrected chi connectivity index (χ2v) is 8.97. The molecule has 1 unspecified atom stereocenters. The van der Waals surface area contributed by atoms with E-state index in [0.717, 1.165) is 0 Å². The zero-order valence-corrected chi connectivity index (χ0v) is 18.6. The summed E-state index contributed by atoms with van der Waals surface area (Å²) in [5, 5.41) is 1.34. The number of hydrogen-bond donors (Lipinski definition) is 0. The van der Waals surface area contributed by atoms with Crippen LogP contribution in [-0.2, 0) is 4.79 Å². The highest BCUT2D eigenvalue weighted by Gasteiger charge is 2.45. The van der Waals surface area contributed by atoms with Crippen molar-refractivity contribution in [2.24, 2.45) is 0 Å². The molecule has 1 saturated heterocycles. The minimum atomic E-state index is -0.654. The molecule has 2 aliphatic heterocycles. The van der Waals surface area contributed by atoms with E-state index in [1.54, 1.807) is 48.2 Å². The molecule has 0 aromatic heterocycles. The summed E-state index contributed by atoms with van der Waals surface area (Å²) in [6.45, 7) is 2.67. The summed E-state index contributed by atoms with van der Waals surface area (Å²) in [5.74, 6) is 0.823. The van der Waals surface area contributed by atoms with Crippen molar-refractivity contribution in [2.45, 2.75) is 37.9 Å². The lowest BCUT2D eigenvalue weighted by atomic mass is 9.82. The molecule has 2 aromatic rings. The van der Waals surface area contributed by atoms with Crippen LogP contribution in [-0.4, -0.2) is 41.4 Å². The Kier molecular flexibility index (Phi) is 5.88. The molecule has 2 aliphatic rings. The Labute approximate surface area is 189 Å². The highest BCUT2D eigenvalue weighted by Crippen LogP contribution is 2.44. The first-order chi connectivity index (χ1) is 14.3. The van der Waals surface area contributed by atoms with Gasteiger partial charge >= 0.3 is 0 Å². The maximum Gasteiger partial charge on any atom is 0.263 e. The molecule has 0 N–H and O–H groups in total. The summed E-state index contributed by atoms with van der Waals surface area (Å²) in [6.07, 6.45) is 0.689. The molecule has 0 saturated carbocycles. The number of Topliss-reactive ketones (excluding diaryl/α,β-unsaturated/α-hetero) is 1. The summed E-state index contributed by atoms with van der Waals surface area (Å²) in [6, 6.07) is 10.0. The predicted octanol–water partition coefficient (Wildman–Crippen LogP) is 5.44. The smallest absolute Gasteiger partial charge is 0.263 e. The van der Waals surface area contributed by atoms with Crippen LogP contribution in [0.25, 0.3) is 0 Å². The Morgan fingerprint density at radius 2 is 1.77 bits per heavy atom. The zero-order chi connectivity index (χ0) is 21.5. The number of ether oxygens (including phenoxy) is 2. The Balaban J connectivity index is 1.41. The van der Waals surface area contributed by atoms with E-state index in [9.17, 15) is 9.59 Å². The van der Waals surface area contributed by atoms with Crippen LogP contribution in [0.2, 0.25) is 15.1 Å². The first-order valence-electron chi connectivity index (χ1n) is 9.69. The maximum atomic E-state index is 12.8. The summed E-state index contributed by atoms with van der Waals surface area (Å²) in [4.78, 5) is 27.3. The van der Waals surface area contributed by atoms with Crippen LogP contribution in [0.4, 0.5) is 0 Å². The second kappa shape index (κ2) is 8.29. The van der Waals surface area contributed by atoms with E-state index < -0.39 is 11.7 Å². The molecule has 5 nitrogen and oxygen atoms in total. The normalized spacial score (nSPS) is 18.5. The quantitative estimate of drug-likeness (QED) is 0.602. The van der Waals surface area contributed by atoms with Gasteiger partial charge in [-0.25, -0.2) is 0 Å². The molecule has 2 heterocycles. The third kappa shape index (κ3) is 4.25. The van der Waals surface area contributed by atoms with Gasteiger partial charge in [-0.2, -0.15) is 0 Å². The van der Waals surface area contributed by atoms with E-state index in [-0.39, 0.29) is 18.1 Å². The van der Waals surface area contributed by atoms with Gasteiger partial charge in [0.2, 0.25) is 0 Å². The molecule has 0 aliphatic carbocycles. The SMILES string of the molecule is CC(Oc1ccc(Cl)cc1)C(=O)N1CCC2(CC1)CC(=O)c1cc(Cl)cc(Cl)c1O2. The standard InChI is InChI=1S/C22H20Cl3NO4/c1-13(29-16-4-2-14(23)3-5-16)21(28)26-8-6-22(7-9-26)12-19(27)17-10-15(24)11-18(25)20(17)30-22/h2-5,10-11,13H,6-9,12H2,1H3. The van der Waals surface area contributed by atoms with Gasteiger partial charge in [-0.05, 0) is 43.3 Å². The maximum absolute atomic E-state index is 12.8. The number of carbonyl (C=O) groups excluding carboxylic acids is 2. The lowest BCUT2D eigenvalue weighted by molar-refractivity contribution is -0.141. The van der Waals surface area contributed by atoms with Gasteiger partial charge in [-0.3, -0.25) is 9.59 Å². The lowest BCUT2D eigenvalue weighted by Crippen LogP contribution is -2.54. The minimum Gasteiger partial charge on any atom is -0.484 e. The molecule has 8 heteroatoms. The summed E-state index contributed by atoms with van der Waals surface area (Å²) >= 11 is 18.2. The number of benzene rings is 2. The lowest BCUT2D eigenvalue weighted by Gasteiger charge is -2.44. The zero-order valence-electron chi connectivity index (χ0n) is 16.3. The van der Waals surface area contributed by atoms with Crippen LogP contribution in [0.5, 0.6) is 11.5 Å². The van der Waals surface area contributed by atoms with E-state index >= 15 is 0 Å². The van der Waals surface area contributed by atoms with Crippen molar-refractivity contribution >= 4 is 46.5 Å². The molecule has 2 aromatic carbocycles. The molecule has 0 radical (unpaired) electrons. The van der Waals surface area contributed by atoms with E-state index in [2.05, 4.69) is 0 Å². The van der Waals surface area contributed by atoms with Crippen molar-refractivity contribution in [3.8, 4) is 11.5 Å². The molecule has 1 spiro atoms. The van der Waals surface area contributed by atoms with Crippen LogP contribution in [0, 0.1) is 0 Å². The van der Waals surface area contributed by atoms with Crippen LogP contribution in [0.15, 0.2) is 36.4 Å². The number of likely N-dealkylation sites (tertiary alicyclic amines) is 1. The van der Waals surface area contributed by atoms with Crippen molar-refractivity contribution in [1.82, 2.24) is 4.90 Å². The number of fused-ring (bicyclic) bond motifs is 1. The summed E-state index contributed by atoms with van der Waals surface area (Å²) < 4.78 is 12.0. The van der Waals surface area contributed by atoms with Gasteiger partial charge in [0.05, 0.1) is 17.0 Å². The first-order valence-corrected chi connectivity index (χ1v) is 10.8. The van der Waals surface area contributed by atoms with Gasteiger partial charge < -0.3 is 14.4 Å². The van der Waals surface area contributed by atoms with Crippen molar-refractivity contribution < 1.29 is 19.1 Å². The van der Waals surface area contributed by atoms with Gasteiger partial charge in [0, 0.05) is 36.0 Å². The number of ketones is 1. The van der Waals surface area contributed by atoms with Gasteiger partial charge in [-0.15, -0.1) is 0 Å². The third-order valence-corrected chi connectivity index (χ3v) is 6.32. The monoisotopic (exact) mass is 467 g/mol. The van der Waals surface area contributed by atoms with Gasteiger partial charge in [-0.1, -0.05) is 34.8 Å².